The van der Waals surface area contributed by atoms with Crippen LogP contribution in [0.15, 0.2) is 42.7 Å². The van der Waals surface area contributed by atoms with Crippen LogP contribution in [0.2, 0.25) is 0 Å². The smallest absolute Gasteiger partial charge is 0.261 e. The molecule has 0 aliphatic heterocycles. The molecule has 1 atom stereocenters. The average Bonchev–Trinajstić information content (AvgIpc) is 2.44. The van der Waals surface area contributed by atoms with Gasteiger partial charge < -0.3 is 10.1 Å². The molecule has 0 aliphatic carbocycles. The molecule has 0 saturated carbocycles. The maximum Gasteiger partial charge on any atom is 0.261 e. The summed E-state index contributed by atoms with van der Waals surface area (Å²) in [5, 5.41) is 2.84. The molecule has 0 spiro atoms. The first-order chi connectivity index (χ1) is 10.0. The molecule has 0 aliphatic rings. The molecule has 0 fully saturated rings. The zero-order valence-electron chi connectivity index (χ0n) is 12.6. The van der Waals surface area contributed by atoms with Gasteiger partial charge >= 0.3 is 0 Å². The third kappa shape index (κ3) is 4.60. The lowest BCUT2D eigenvalue weighted by Crippen LogP contribution is -2.35. The number of benzene rings is 1. The number of ether oxygens (including phenoxy) is 1. The van der Waals surface area contributed by atoms with Crippen LogP contribution < -0.4 is 10.1 Å². The van der Waals surface area contributed by atoms with Gasteiger partial charge in [0.1, 0.15) is 5.75 Å². The fourth-order valence-electron chi connectivity index (χ4n) is 2.09. The molecule has 4 heteroatoms. The Labute approximate surface area is 125 Å². The predicted molar refractivity (Wildman–Crippen MR) is 82.1 cm³/mol. The molecule has 1 aromatic heterocycles. The number of nitrogens with zero attached hydrogens (tertiary/aromatic N) is 1. The van der Waals surface area contributed by atoms with E-state index >= 15 is 0 Å². The van der Waals surface area contributed by atoms with Gasteiger partial charge in [-0.15, -0.1) is 0 Å². The van der Waals surface area contributed by atoms with Crippen molar-refractivity contribution >= 4 is 5.91 Å². The molecule has 1 aromatic carbocycles. The van der Waals surface area contributed by atoms with E-state index in [4.69, 9.17) is 4.74 Å². The van der Waals surface area contributed by atoms with Crippen molar-refractivity contribution in [3.8, 4) is 5.75 Å². The van der Waals surface area contributed by atoms with Gasteiger partial charge in [0.25, 0.3) is 5.91 Å². The summed E-state index contributed by atoms with van der Waals surface area (Å²) in [7, 11) is 0. The Bertz CT molecular complexity index is 591. The van der Waals surface area contributed by atoms with E-state index in [9.17, 15) is 4.79 Å². The number of amides is 1. The van der Waals surface area contributed by atoms with Gasteiger partial charge in [-0.2, -0.15) is 0 Å². The maximum atomic E-state index is 12.0. The second-order valence-electron chi connectivity index (χ2n) is 5.16. The first kappa shape index (κ1) is 15.0. The quantitative estimate of drug-likeness (QED) is 0.918. The van der Waals surface area contributed by atoms with Crippen LogP contribution in [0, 0.1) is 13.8 Å². The standard InChI is InChI=1S/C17H20N2O2/c1-12-7-13(2)9-16(8-12)21-14(3)17(20)19-11-15-5-4-6-18-10-15/h4-10,14H,11H2,1-3H3,(H,19,20). The third-order valence-corrected chi connectivity index (χ3v) is 3.07. The van der Waals surface area contributed by atoms with Crippen LogP contribution in [-0.4, -0.2) is 17.0 Å². The second-order valence-corrected chi connectivity index (χ2v) is 5.16. The monoisotopic (exact) mass is 284 g/mol. The van der Waals surface area contributed by atoms with Gasteiger partial charge in [0, 0.05) is 18.9 Å². The Morgan fingerprint density at radius 1 is 1.29 bits per heavy atom. The summed E-state index contributed by atoms with van der Waals surface area (Å²) in [4.78, 5) is 16.0. The number of aryl methyl sites for hydroxylation is 2. The van der Waals surface area contributed by atoms with Crippen molar-refractivity contribution in [2.75, 3.05) is 0 Å². The molecule has 4 nitrogen and oxygen atoms in total. The molecular weight excluding hydrogens is 264 g/mol. The molecule has 110 valence electrons. The van der Waals surface area contributed by atoms with E-state index in [0.717, 1.165) is 22.4 Å². The Kier molecular flexibility index (Phi) is 4.93. The Hall–Kier alpha value is -2.36. The largest absolute Gasteiger partial charge is 0.481 e. The lowest BCUT2D eigenvalue weighted by atomic mass is 10.1. The van der Waals surface area contributed by atoms with E-state index in [2.05, 4.69) is 16.4 Å². The number of carbonyl (C=O) groups excluding carboxylic acids is 1. The van der Waals surface area contributed by atoms with Crippen molar-refractivity contribution in [3.05, 3.63) is 59.4 Å². The van der Waals surface area contributed by atoms with Gasteiger partial charge in [0.15, 0.2) is 6.10 Å². The molecule has 1 amide bonds. The van der Waals surface area contributed by atoms with Crippen molar-refractivity contribution in [2.24, 2.45) is 0 Å². The fraction of sp³-hybridized carbons (Fsp3) is 0.294. The highest BCUT2D eigenvalue weighted by Crippen LogP contribution is 2.17. The van der Waals surface area contributed by atoms with Gasteiger partial charge in [-0.3, -0.25) is 9.78 Å². The van der Waals surface area contributed by atoms with Crippen molar-refractivity contribution < 1.29 is 9.53 Å². The molecule has 21 heavy (non-hydrogen) atoms. The highest BCUT2D eigenvalue weighted by atomic mass is 16.5. The van der Waals surface area contributed by atoms with E-state index in [-0.39, 0.29) is 5.91 Å². The summed E-state index contributed by atoms with van der Waals surface area (Å²) in [5.41, 5.74) is 3.20. The number of hydrogen-bond donors (Lipinski definition) is 1. The fourth-order valence-corrected chi connectivity index (χ4v) is 2.09. The van der Waals surface area contributed by atoms with Crippen LogP contribution in [0.25, 0.3) is 0 Å². The van der Waals surface area contributed by atoms with Crippen LogP contribution >= 0.6 is 0 Å². The van der Waals surface area contributed by atoms with Crippen molar-refractivity contribution in [2.45, 2.75) is 33.4 Å². The summed E-state index contributed by atoms with van der Waals surface area (Å²) in [5.74, 6) is 0.578. The lowest BCUT2D eigenvalue weighted by molar-refractivity contribution is -0.127. The number of carbonyl (C=O) groups is 1. The van der Waals surface area contributed by atoms with Gasteiger partial charge in [0.2, 0.25) is 0 Å². The minimum Gasteiger partial charge on any atom is -0.481 e. The number of pyridine rings is 1. The van der Waals surface area contributed by atoms with E-state index in [1.807, 2.05) is 38.1 Å². The number of hydrogen-bond acceptors (Lipinski definition) is 3. The average molecular weight is 284 g/mol. The van der Waals surface area contributed by atoms with E-state index < -0.39 is 6.10 Å². The topological polar surface area (TPSA) is 51.2 Å². The van der Waals surface area contributed by atoms with Gasteiger partial charge in [-0.1, -0.05) is 12.1 Å². The summed E-state index contributed by atoms with van der Waals surface area (Å²) in [6.45, 7) is 6.21. The van der Waals surface area contributed by atoms with Crippen LogP contribution in [0.3, 0.4) is 0 Å². The summed E-state index contributed by atoms with van der Waals surface area (Å²) >= 11 is 0. The number of nitrogens with one attached hydrogen (secondary N) is 1. The van der Waals surface area contributed by atoms with Gasteiger partial charge in [0.05, 0.1) is 0 Å². The third-order valence-electron chi connectivity index (χ3n) is 3.07. The number of aromatic nitrogens is 1. The van der Waals surface area contributed by atoms with Crippen LogP contribution in [0.1, 0.15) is 23.6 Å². The van der Waals surface area contributed by atoms with E-state index in [1.54, 1.807) is 19.3 Å². The molecule has 0 bridgehead atoms. The SMILES string of the molecule is Cc1cc(C)cc(OC(C)C(=O)NCc2cccnc2)c1. The normalized spacial score (nSPS) is 11.8. The molecule has 2 rings (SSSR count). The minimum absolute atomic E-state index is 0.141. The molecule has 2 aromatic rings. The molecule has 0 radical (unpaired) electrons. The maximum absolute atomic E-state index is 12.0. The first-order valence-corrected chi connectivity index (χ1v) is 6.96. The van der Waals surface area contributed by atoms with Crippen LogP contribution in [0.4, 0.5) is 0 Å². The molecule has 1 N–H and O–H groups in total. The van der Waals surface area contributed by atoms with E-state index in [0.29, 0.717) is 6.54 Å². The van der Waals surface area contributed by atoms with Crippen molar-refractivity contribution in [1.82, 2.24) is 10.3 Å². The molecule has 0 saturated heterocycles. The molecular formula is C17H20N2O2. The zero-order valence-corrected chi connectivity index (χ0v) is 12.6. The number of rotatable bonds is 5. The Morgan fingerprint density at radius 3 is 2.62 bits per heavy atom. The minimum atomic E-state index is -0.539. The second kappa shape index (κ2) is 6.88. The summed E-state index contributed by atoms with van der Waals surface area (Å²) < 4.78 is 5.70. The highest BCUT2D eigenvalue weighted by Gasteiger charge is 2.14. The zero-order chi connectivity index (χ0) is 15.2. The highest BCUT2D eigenvalue weighted by molar-refractivity contribution is 5.80. The predicted octanol–water partition coefficient (Wildman–Crippen LogP) is 2.78. The van der Waals surface area contributed by atoms with Crippen LogP contribution in [0.5, 0.6) is 5.75 Å². The Morgan fingerprint density at radius 2 is 2.00 bits per heavy atom. The van der Waals surface area contributed by atoms with Gasteiger partial charge in [-0.05, 0) is 55.7 Å². The van der Waals surface area contributed by atoms with Gasteiger partial charge in [-0.25, -0.2) is 0 Å². The van der Waals surface area contributed by atoms with E-state index in [1.165, 1.54) is 0 Å². The van der Waals surface area contributed by atoms with Crippen molar-refractivity contribution in [1.29, 1.82) is 0 Å². The molecule has 1 heterocycles. The van der Waals surface area contributed by atoms with Crippen molar-refractivity contribution in [3.63, 3.8) is 0 Å². The lowest BCUT2D eigenvalue weighted by Gasteiger charge is -2.15. The first-order valence-electron chi connectivity index (χ1n) is 6.96. The van der Waals surface area contributed by atoms with Crippen LogP contribution in [-0.2, 0) is 11.3 Å². The molecule has 1 unspecified atom stereocenters. The Balaban J connectivity index is 1.90. The summed E-state index contributed by atoms with van der Waals surface area (Å²) in [6, 6.07) is 9.69. The summed E-state index contributed by atoms with van der Waals surface area (Å²) in [6.07, 6.45) is 2.90.